The first-order valence-corrected chi connectivity index (χ1v) is 9.37. The number of amides is 1. The number of H-pyrrole nitrogens is 1. The van der Waals surface area contributed by atoms with E-state index in [9.17, 15) is 4.79 Å². The number of piperidine rings is 1. The molecule has 0 atom stereocenters. The average molecular weight is 364 g/mol. The van der Waals surface area contributed by atoms with E-state index in [2.05, 4.69) is 20.3 Å². The van der Waals surface area contributed by atoms with Crippen LogP contribution in [0.1, 0.15) is 34.8 Å². The summed E-state index contributed by atoms with van der Waals surface area (Å²) in [5.41, 5.74) is 2.55. The predicted octanol–water partition coefficient (Wildman–Crippen LogP) is 2.61. The van der Waals surface area contributed by atoms with Gasteiger partial charge in [0.1, 0.15) is 11.5 Å². The molecule has 1 aliphatic rings. The second-order valence-corrected chi connectivity index (χ2v) is 7.21. The number of nitrogens with zero attached hydrogens (tertiary/aromatic N) is 5. The number of aryl methyl sites for hydroxylation is 2. The van der Waals surface area contributed by atoms with Crippen LogP contribution < -0.4 is 0 Å². The number of aromatic nitrogens is 5. The standard InChI is InChI=1S/C20H24N6O/c1-14-12-17(25(2)24-14)20(27)26-10-8-15(9-11-26)13-18-21-19(23-22-18)16-6-4-3-5-7-16/h3-7,12,15H,8-11,13H2,1-2H3,(H,21,22,23). The molecular formula is C20H24N6O. The molecule has 7 nitrogen and oxygen atoms in total. The van der Waals surface area contributed by atoms with Crippen molar-refractivity contribution < 1.29 is 4.79 Å². The Morgan fingerprint density at radius 2 is 1.96 bits per heavy atom. The summed E-state index contributed by atoms with van der Waals surface area (Å²) >= 11 is 0. The second-order valence-electron chi connectivity index (χ2n) is 7.21. The van der Waals surface area contributed by atoms with Crippen molar-refractivity contribution in [3.8, 4) is 11.4 Å². The number of benzene rings is 1. The highest BCUT2D eigenvalue weighted by Crippen LogP contribution is 2.23. The number of likely N-dealkylation sites (tertiary alicyclic amines) is 1. The Bertz CT molecular complexity index is 921. The van der Waals surface area contributed by atoms with Gasteiger partial charge >= 0.3 is 0 Å². The topological polar surface area (TPSA) is 79.7 Å². The highest BCUT2D eigenvalue weighted by atomic mass is 16.2. The summed E-state index contributed by atoms with van der Waals surface area (Å²) in [5.74, 6) is 2.24. The van der Waals surface area contributed by atoms with Crippen LogP contribution in [0, 0.1) is 12.8 Å². The summed E-state index contributed by atoms with van der Waals surface area (Å²) in [5, 5.41) is 11.7. The molecule has 0 unspecified atom stereocenters. The van der Waals surface area contributed by atoms with Crippen LogP contribution in [0.4, 0.5) is 0 Å². The number of aromatic amines is 1. The average Bonchev–Trinajstić information content (AvgIpc) is 3.28. The molecule has 1 N–H and O–H groups in total. The van der Waals surface area contributed by atoms with Gasteiger partial charge in [-0.1, -0.05) is 30.3 Å². The van der Waals surface area contributed by atoms with Crippen molar-refractivity contribution in [2.24, 2.45) is 13.0 Å². The van der Waals surface area contributed by atoms with Gasteiger partial charge in [-0.15, -0.1) is 0 Å². The minimum absolute atomic E-state index is 0.0718. The molecular weight excluding hydrogens is 340 g/mol. The molecule has 140 valence electrons. The Hall–Kier alpha value is -2.96. The maximum Gasteiger partial charge on any atom is 0.272 e. The Labute approximate surface area is 158 Å². The molecule has 0 aliphatic carbocycles. The van der Waals surface area contributed by atoms with Gasteiger partial charge in [0, 0.05) is 32.1 Å². The zero-order valence-electron chi connectivity index (χ0n) is 15.7. The Morgan fingerprint density at radius 3 is 2.63 bits per heavy atom. The molecule has 2 aromatic heterocycles. The highest BCUT2D eigenvalue weighted by molar-refractivity contribution is 5.92. The van der Waals surface area contributed by atoms with E-state index in [1.165, 1.54) is 0 Å². The maximum absolute atomic E-state index is 12.7. The highest BCUT2D eigenvalue weighted by Gasteiger charge is 2.26. The predicted molar refractivity (Wildman–Crippen MR) is 102 cm³/mol. The molecule has 1 fully saturated rings. The summed E-state index contributed by atoms with van der Waals surface area (Å²) in [6, 6.07) is 11.8. The Balaban J connectivity index is 1.34. The van der Waals surface area contributed by atoms with E-state index < -0.39 is 0 Å². The first-order valence-electron chi connectivity index (χ1n) is 9.37. The van der Waals surface area contributed by atoms with E-state index in [0.717, 1.165) is 55.3 Å². The van der Waals surface area contributed by atoms with E-state index in [-0.39, 0.29) is 5.91 Å². The van der Waals surface area contributed by atoms with Crippen molar-refractivity contribution in [1.29, 1.82) is 0 Å². The van der Waals surface area contributed by atoms with E-state index in [0.29, 0.717) is 11.6 Å². The molecule has 0 radical (unpaired) electrons. The minimum Gasteiger partial charge on any atom is -0.337 e. The van der Waals surface area contributed by atoms with Crippen molar-refractivity contribution in [3.05, 3.63) is 53.6 Å². The summed E-state index contributed by atoms with van der Waals surface area (Å²) in [4.78, 5) is 19.3. The lowest BCUT2D eigenvalue weighted by molar-refractivity contribution is 0.0678. The van der Waals surface area contributed by atoms with Crippen LogP contribution in [-0.4, -0.2) is 48.9 Å². The van der Waals surface area contributed by atoms with Crippen LogP contribution in [0.25, 0.3) is 11.4 Å². The fraction of sp³-hybridized carbons (Fsp3) is 0.400. The first kappa shape index (κ1) is 17.5. The van der Waals surface area contributed by atoms with Crippen molar-refractivity contribution in [3.63, 3.8) is 0 Å². The third-order valence-corrected chi connectivity index (χ3v) is 5.17. The Kier molecular flexibility index (Phi) is 4.75. The van der Waals surface area contributed by atoms with Gasteiger partial charge in [-0.3, -0.25) is 14.6 Å². The van der Waals surface area contributed by atoms with Crippen molar-refractivity contribution in [2.45, 2.75) is 26.2 Å². The second kappa shape index (κ2) is 7.34. The van der Waals surface area contributed by atoms with E-state index in [4.69, 9.17) is 0 Å². The molecule has 4 rings (SSSR count). The first-order chi connectivity index (χ1) is 13.1. The number of hydrogen-bond acceptors (Lipinski definition) is 4. The SMILES string of the molecule is Cc1cc(C(=O)N2CCC(Cc3nc(-c4ccccc4)n[nH]3)CC2)n(C)n1. The summed E-state index contributed by atoms with van der Waals surface area (Å²) in [6.07, 6.45) is 2.82. The summed E-state index contributed by atoms with van der Waals surface area (Å²) in [6.45, 7) is 3.45. The van der Waals surface area contributed by atoms with E-state index >= 15 is 0 Å². The van der Waals surface area contributed by atoms with Gasteiger partial charge in [-0.25, -0.2) is 4.98 Å². The van der Waals surface area contributed by atoms with Gasteiger partial charge in [0.15, 0.2) is 5.82 Å². The number of carbonyl (C=O) groups excluding carboxylic acids is 1. The van der Waals surface area contributed by atoms with Gasteiger partial charge in [-0.2, -0.15) is 10.2 Å². The number of carbonyl (C=O) groups is 1. The largest absolute Gasteiger partial charge is 0.337 e. The van der Waals surface area contributed by atoms with Crippen LogP contribution in [-0.2, 0) is 13.5 Å². The van der Waals surface area contributed by atoms with Crippen molar-refractivity contribution in [1.82, 2.24) is 29.9 Å². The number of nitrogens with one attached hydrogen (secondary N) is 1. The quantitative estimate of drug-likeness (QED) is 0.772. The third-order valence-electron chi connectivity index (χ3n) is 5.17. The molecule has 7 heteroatoms. The van der Waals surface area contributed by atoms with Crippen LogP contribution >= 0.6 is 0 Å². The molecule has 0 spiro atoms. The van der Waals surface area contributed by atoms with Crippen LogP contribution in [0.5, 0.6) is 0 Å². The Morgan fingerprint density at radius 1 is 1.22 bits per heavy atom. The molecule has 1 saturated heterocycles. The van der Waals surface area contributed by atoms with Crippen LogP contribution in [0.3, 0.4) is 0 Å². The van der Waals surface area contributed by atoms with Crippen LogP contribution in [0.15, 0.2) is 36.4 Å². The zero-order chi connectivity index (χ0) is 18.8. The van der Waals surface area contributed by atoms with Crippen molar-refractivity contribution in [2.75, 3.05) is 13.1 Å². The minimum atomic E-state index is 0.0718. The van der Waals surface area contributed by atoms with E-state index in [1.54, 1.807) is 4.68 Å². The van der Waals surface area contributed by atoms with Gasteiger partial charge in [-0.05, 0) is 31.7 Å². The monoisotopic (exact) mass is 364 g/mol. The molecule has 0 saturated carbocycles. The molecule has 1 amide bonds. The van der Waals surface area contributed by atoms with Gasteiger partial charge in [0.25, 0.3) is 5.91 Å². The number of hydrogen-bond donors (Lipinski definition) is 1. The van der Waals surface area contributed by atoms with E-state index in [1.807, 2.05) is 55.3 Å². The summed E-state index contributed by atoms with van der Waals surface area (Å²) in [7, 11) is 1.82. The fourth-order valence-electron chi connectivity index (χ4n) is 3.69. The smallest absolute Gasteiger partial charge is 0.272 e. The lowest BCUT2D eigenvalue weighted by atomic mass is 9.93. The third kappa shape index (κ3) is 3.77. The molecule has 1 aromatic carbocycles. The molecule has 1 aliphatic heterocycles. The molecule has 3 heterocycles. The zero-order valence-corrected chi connectivity index (χ0v) is 15.7. The van der Waals surface area contributed by atoms with Gasteiger partial charge < -0.3 is 4.90 Å². The summed E-state index contributed by atoms with van der Waals surface area (Å²) < 4.78 is 1.67. The molecule has 27 heavy (non-hydrogen) atoms. The van der Waals surface area contributed by atoms with Crippen molar-refractivity contribution >= 4 is 5.91 Å². The van der Waals surface area contributed by atoms with Crippen LogP contribution in [0.2, 0.25) is 0 Å². The maximum atomic E-state index is 12.7. The lowest BCUT2D eigenvalue weighted by Gasteiger charge is -2.31. The number of rotatable bonds is 4. The fourth-order valence-corrected chi connectivity index (χ4v) is 3.69. The normalized spacial score (nSPS) is 15.3. The molecule has 3 aromatic rings. The molecule has 0 bridgehead atoms. The lowest BCUT2D eigenvalue weighted by Crippen LogP contribution is -2.39. The van der Waals surface area contributed by atoms with Gasteiger partial charge in [0.05, 0.1) is 5.69 Å². The van der Waals surface area contributed by atoms with Gasteiger partial charge in [0.2, 0.25) is 0 Å².